The lowest BCUT2D eigenvalue weighted by Crippen LogP contribution is -2.25. The fourth-order valence-electron chi connectivity index (χ4n) is 2.25. The van der Waals surface area contributed by atoms with Crippen LogP contribution >= 0.6 is 11.6 Å². The number of halogens is 1. The van der Waals surface area contributed by atoms with E-state index in [1.807, 2.05) is 18.3 Å². The van der Waals surface area contributed by atoms with E-state index < -0.39 is 0 Å². The van der Waals surface area contributed by atoms with Gasteiger partial charge in [0.1, 0.15) is 5.15 Å². The zero-order chi connectivity index (χ0) is 14.4. The Morgan fingerprint density at radius 1 is 1.30 bits per heavy atom. The molecule has 0 amide bonds. The predicted octanol–water partition coefficient (Wildman–Crippen LogP) is 3.43. The van der Waals surface area contributed by atoms with Crippen molar-refractivity contribution < 1.29 is 0 Å². The normalized spacial score (nSPS) is 11.2. The molecule has 0 saturated carbocycles. The first-order valence-electron chi connectivity index (χ1n) is 7.11. The summed E-state index contributed by atoms with van der Waals surface area (Å²) < 4.78 is 0. The first-order valence-corrected chi connectivity index (χ1v) is 7.49. The van der Waals surface area contributed by atoms with Gasteiger partial charge in [0, 0.05) is 30.0 Å². The van der Waals surface area contributed by atoms with E-state index in [0.717, 1.165) is 49.2 Å². The maximum absolute atomic E-state index is 6.05. The van der Waals surface area contributed by atoms with Gasteiger partial charge in [0.2, 0.25) is 0 Å². The van der Waals surface area contributed by atoms with Crippen LogP contribution in [0.1, 0.15) is 20.3 Å². The molecule has 0 unspecified atom stereocenters. The van der Waals surface area contributed by atoms with E-state index in [4.69, 9.17) is 11.6 Å². The van der Waals surface area contributed by atoms with Crippen LogP contribution in [-0.2, 0) is 0 Å². The van der Waals surface area contributed by atoms with Crippen LogP contribution in [0.4, 0.5) is 5.69 Å². The van der Waals surface area contributed by atoms with Crippen molar-refractivity contribution in [1.82, 2.24) is 14.9 Å². The Morgan fingerprint density at radius 2 is 2.10 bits per heavy atom. The molecule has 0 aliphatic carbocycles. The van der Waals surface area contributed by atoms with Crippen molar-refractivity contribution in [2.45, 2.75) is 20.3 Å². The summed E-state index contributed by atoms with van der Waals surface area (Å²) in [6.07, 6.45) is 4.66. The van der Waals surface area contributed by atoms with Crippen molar-refractivity contribution in [2.24, 2.45) is 0 Å². The summed E-state index contributed by atoms with van der Waals surface area (Å²) in [6, 6.07) is 3.74. The van der Waals surface area contributed by atoms with Gasteiger partial charge in [-0.2, -0.15) is 0 Å². The van der Waals surface area contributed by atoms with E-state index in [2.05, 4.69) is 34.0 Å². The van der Waals surface area contributed by atoms with Gasteiger partial charge >= 0.3 is 0 Å². The maximum Gasteiger partial charge on any atom is 0.131 e. The van der Waals surface area contributed by atoms with E-state index in [0.29, 0.717) is 5.15 Å². The SMILES string of the molecule is CCN(CC)CCCNc1cc(Cl)nc2ccncc12. The van der Waals surface area contributed by atoms with Crippen molar-refractivity contribution in [3.05, 3.63) is 29.7 Å². The van der Waals surface area contributed by atoms with Gasteiger partial charge < -0.3 is 10.2 Å². The fourth-order valence-corrected chi connectivity index (χ4v) is 2.45. The summed E-state index contributed by atoms with van der Waals surface area (Å²) in [5.41, 5.74) is 1.88. The highest BCUT2D eigenvalue weighted by atomic mass is 35.5. The molecular weight excluding hydrogens is 272 g/mol. The third-order valence-electron chi connectivity index (χ3n) is 3.44. The molecule has 4 nitrogen and oxygen atoms in total. The minimum Gasteiger partial charge on any atom is -0.384 e. The molecule has 0 bridgehead atoms. The Balaban J connectivity index is 1.99. The summed E-state index contributed by atoms with van der Waals surface area (Å²) in [5, 5.41) is 4.96. The number of aromatic nitrogens is 2. The van der Waals surface area contributed by atoms with Gasteiger partial charge in [0.05, 0.1) is 5.52 Å². The molecule has 2 aromatic rings. The summed E-state index contributed by atoms with van der Waals surface area (Å²) in [5.74, 6) is 0. The van der Waals surface area contributed by atoms with Crippen LogP contribution in [0.2, 0.25) is 5.15 Å². The predicted molar refractivity (Wildman–Crippen MR) is 85.4 cm³/mol. The molecule has 1 N–H and O–H groups in total. The van der Waals surface area contributed by atoms with Crippen LogP contribution in [0.15, 0.2) is 24.5 Å². The van der Waals surface area contributed by atoms with Gasteiger partial charge in [-0.1, -0.05) is 25.4 Å². The second-order valence-corrected chi connectivity index (χ2v) is 5.08. The highest BCUT2D eigenvalue weighted by molar-refractivity contribution is 6.30. The minimum absolute atomic E-state index is 0.509. The average molecular weight is 293 g/mol. The summed E-state index contributed by atoms with van der Waals surface area (Å²) in [4.78, 5) is 10.9. The number of anilines is 1. The van der Waals surface area contributed by atoms with E-state index in [1.54, 1.807) is 6.20 Å². The van der Waals surface area contributed by atoms with Crippen LogP contribution in [0.5, 0.6) is 0 Å². The summed E-state index contributed by atoms with van der Waals surface area (Å²) in [6.45, 7) is 8.61. The van der Waals surface area contributed by atoms with Crippen molar-refractivity contribution >= 4 is 28.2 Å². The number of rotatable bonds is 7. The van der Waals surface area contributed by atoms with Crippen LogP contribution in [-0.4, -0.2) is 41.0 Å². The fraction of sp³-hybridized carbons (Fsp3) is 0.467. The van der Waals surface area contributed by atoms with Gasteiger partial charge in [-0.3, -0.25) is 4.98 Å². The third kappa shape index (κ3) is 3.81. The van der Waals surface area contributed by atoms with Crippen molar-refractivity contribution in [1.29, 1.82) is 0 Å². The van der Waals surface area contributed by atoms with Crippen LogP contribution in [0.25, 0.3) is 10.9 Å². The molecule has 2 rings (SSSR count). The summed E-state index contributed by atoms with van der Waals surface area (Å²) >= 11 is 6.05. The van der Waals surface area contributed by atoms with Gasteiger partial charge in [-0.05, 0) is 38.2 Å². The van der Waals surface area contributed by atoms with E-state index >= 15 is 0 Å². The highest BCUT2D eigenvalue weighted by Gasteiger charge is 2.05. The first kappa shape index (κ1) is 15.0. The standard InChI is InChI=1S/C15H21ClN4/c1-3-20(4-2)9-5-7-18-14-10-15(16)19-13-6-8-17-11-12(13)14/h6,8,10-11H,3-5,7,9H2,1-2H3,(H,18,19). The monoisotopic (exact) mass is 292 g/mol. The number of fused-ring (bicyclic) bond motifs is 1. The second kappa shape index (κ2) is 7.41. The van der Waals surface area contributed by atoms with Gasteiger partial charge in [0.25, 0.3) is 0 Å². The number of pyridine rings is 2. The van der Waals surface area contributed by atoms with E-state index in [9.17, 15) is 0 Å². The van der Waals surface area contributed by atoms with Crippen molar-refractivity contribution in [3.63, 3.8) is 0 Å². The van der Waals surface area contributed by atoms with E-state index in [1.165, 1.54) is 0 Å². The van der Waals surface area contributed by atoms with Crippen LogP contribution in [0, 0.1) is 0 Å². The molecule has 0 aliphatic rings. The Bertz CT molecular complexity index is 555. The third-order valence-corrected chi connectivity index (χ3v) is 3.63. The maximum atomic E-state index is 6.05. The highest BCUT2D eigenvalue weighted by Crippen LogP contribution is 2.24. The number of nitrogens with one attached hydrogen (secondary N) is 1. The number of nitrogens with zero attached hydrogens (tertiary/aromatic N) is 3. The Morgan fingerprint density at radius 3 is 2.85 bits per heavy atom. The molecule has 0 aliphatic heterocycles. The average Bonchev–Trinajstić information content (AvgIpc) is 2.47. The molecule has 20 heavy (non-hydrogen) atoms. The summed E-state index contributed by atoms with van der Waals surface area (Å²) in [7, 11) is 0. The molecule has 2 aromatic heterocycles. The lowest BCUT2D eigenvalue weighted by atomic mass is 10.2. The molecular formula is C15H21ClN4. The first-order chi connectivity index (χ1) is 9.74. The van der Waals surface area contributed by atoms with Crippen LogP contribution < -0.4 is 5.32 Å². The van der Waals surface area contributed by atoms with Crippen molar-refractivity contribution in [3.8, 4) is 0 Å². The molecule has 2 heterocycles. The number of hydrogen-bond donors (Lipinski definition) is 1. The Hall–Kier alpha value is -1.39. The molecule has 0 radical (unpaired) electrons. The van der Waals surface area contributed by atoms with Gasteiger partial charge in [0.15, 0.2) is 0 Å². The Labute approximate surface area is 125 Å². The minimum atomic E-state index is 0.509. The molecule has 0 saturated heterocycles. The largest absolute Gasteiger partial charge is 0.384 e. The van der Waals surface area contributed by atoms with Crippen LogP contribution in [0.3, 0.4) is 0 Å². The molecule has 0 aromatic carbocycles. The topological polar surface area (TPSA) is 41.0 Å². The van der Waals surface area contributed by atoms with Crippen molar-refractivity contribution in [2.75, 3.05) is 31.5 Å². The number of hydrogen-bond acceptors (Lipinski definition) is 4. The Kier molecular flexibility index (Phi) is 5.56. The van der Waals surface area contributed by atoms with Gasteiger partial charge in [-0.25, -0.2) is 4.98 Å². The molecule has 0 spiro atoms. The lowest BCUT2D eigenvalue weighted by molar-refractivity contribution is 0.303. The zero-order valence-corrected chi connectivity index (χ0v) is 12.8. The molecule has 0 atom stereocenters. The van der Waals surface area contributed by atoms with Gasteiger partial charge in [-0.15, -0.1) is 0 Å². The van der Waals surface area contributed by atoms with E-state index in [-0.39, 0.29) is 0 Å². The lowest BCUT2D eigenvalue weighted by Gasteiger charge is -2.18. The molecule has 108 valence electrons. The smallest absolute Gasteiger partial charge is 0.131 e. The quantitative estimate of drug-likeness (QED) is 0.627. The second-order valence-electron chi connectivity index (χ2n) is 4.69. The molecule has 0 fully saturated rings. The zero-order valence-electron chi connectivity index (χ0n) is 12.1. The molecule has 5 heteroatoms.